The maximum absolute atomic E-state index is 12.1. The van der Waals surface area contributed by atoms with Crippen molar-refractivity contribution in [2.24, 2.45) is 0 Å². The second-order valence-corrected chi connectivity index (χ2v) is 5.46. The van der Waals surface area contributed by atoms with Gasteiger partial charge in [-0.05, 0) is 6.92 Å². The van der Waals surface area contributed by atoms with Gasteiger partial charge in [-0.15, -0.1) is 0 Å². The van der Waals surface area contributed by atoms with Crippen LogP contribution in [0.15, 0.2) is 17.3 Å². The minimum Gasteiger partial charge on any atom is -0.294 e. The van der Waals surface area contributed by atoms with E-state index in [1.54, 1.807) is 0 Å². The van der Waals surface area contributed by atoms with Crippen LogP contribution < -0.4 is 5.32 Å². The van der Waals surface area contributed by atoms with Gasteiger partial charge < -0.3 is 0 Å². The van der Waals surface area contributed by atoms with Gasteiger partial charge in [0.1, 0.15) is 10.9 Å². The van der Waals surface area contributed by atoms with Crippen molar-refractivity contribution in [1.82, 2.24) is 19.8 Å². The van der Waals surface area contributed by atoms with Gasteiger partial charge in [-0.1, -0.05) is 0 Å². The lowest BCUT2D eigenvalue weighted by Crippen LogP contribution is -2.58. The molecule has 8 nitrogen and oxygen atoms in total. The number of carbonyl (C=O) groups is 2. The molecule has 17 heavy (non-hydrogen) atoms. The van der Waals surface area contributed by atoms with Gasteiger partial charge in [0.2, 0.25) is 21.8 Å². The number of aromatic nitrogens is 2. The van der Waals surface area contributed by atoms with Crippen LogP contribution in [0, 0.1) is 0 Å². The molecule has 1 fully saturated rings. The molecule has 1 aliphatic heterocycles. The predicted molar refractivity (Wildman–Crippen MR) is 55.1 cm³/mol. The highest BCUT2D eigenvalue weighted by Crippen LogP contribution is 2.18. The highest BCUT2D eigenvalue weighted by atomic mass is 32.2. The van der Waals surface area contributed by atoms with E-state index in [0.29, 0.717) is 0 Å². The van der Waals surface area contributed by atoms with Gasteiger partial charge in [0.05, 0.1) is 12.7 Å². The van der Waals surface area contributed by atoms with Gasteiger partial charge in [-0.25, -0.2) is 8.42 Å². The Hall–Kier alpha value is -1.74. The molecule has 2 N–H and O–H groups in total. The van der Waals surface area contributed by atoms with Crippen LogP contribution in [0.25, 0.3) is 0 Å². The van der Waals surface area contributed by atoms with Crippen LogP contribution in [0.3, 0.4) is 0 Å². The molecule has 0 radical (unpaired) electrons. The summed E-state index contributed by atoms with van der Waals surface area (Å²) in [5.41, 5.74) is 0. The third-order valence-electron chi connectivity index (χ3n) is 2.45. The second-order valence-electron chi connectivity index (χ2n) is 3.57. The number of hydrogen-bond donors (Lipinski definition) is 2. The van der Waals surface area contributed by atoms with Crippen molar-refractivity contribution in [2.45, 2.75) is 17.9 Å². The first-order chi connectivity index (χ1) is 7.93. The van der Waals surface area contributed by atoms with E-state index in [2.05, 4.69) is 15.5 Å². The monoisotopic (exact) mass is 258 g/mol. The van der Waals surface area contributed by atoms with Crippen molar-refractivity contribution in [2.75, 3.05) is 6.54 Å². The summed E-state index contributed by atoms with van der Waals surface area (Å²) in [7, 11) is -3.88. The molecule has 1 aromatic rings. The Kier molecular flexibility index (Phi) is 2.71. The normalized spacial score (nSPS) is 22.5. The average molecular weight is 258 g/mol. The number of sulfonamides is 1. The van der Waals surface area contributed by atoms with Crippen LogP contribution in [0.4, 0.5) is 0 Å². The standard InChI is InChI=1S/C8H10N4O4S/c1-5-8(14)11-7(13)4-12(5)17(15,16)6-2-9-10-3-6/h2-3,5H,4H2,1H3,(H,9,10)(H,11,13,14). The van der Waals surface area contributed by atoms with E-state index in [4.69, 9.17) is 0 Å². The Morgan fingerprint density at radius 2 is 2.18 bits per heavy atom. The number of aromatic amines is 1. The number of imide groups is 1. The van der Waals surface area contributed by atoms with E-state index in [0.717, 1.165) is 10.5 Å². The Labute approximate surface area is 97.0 Å². The lowest BCUT2D eigenvalue weighted by molar-refractivity contribution is -0.136. The third kappa shape index (κ3) is 1.94. The van der Waals surface area contributed by atoms with Crippen LogP contribution in [-0.2, 0) is 19.6 Å². The Balaban J connectivity index is 2.39. The SMILES string of the molecule is CC1C(=O)NC(=O)CN1S(=O)(=O)c1cn[nH]c1. The van der Waals surface area contributed by atoms with E-state index in [9.17, 15) is 18.0 Å². The molecule has 0 bridgehead atoms. The van der Waals surface area contributed by atoms with Gasteiger partial charge >= 0.3 is 0 Å². The summed E-state index contributed by atoms with van der Waals surface area (Å²) in [4.78, 5) is 22.5. The van der Waals surface area contributed by atoms with Crippen LogP contribution in [0.2, 0.25) is 0 Å². The molecule has 0 saturated carbocycles. The number of carbonyl (C=O) groups excluding carboxylic acids is 2. The van der Waals surface area contributed by atoms with Crippen molar-refractivity contribution in [3.05, 3.63) is 12.4 Å². The molecule has 92 valence electrons. The third-order valence-corrected chi connectivity index (χ3v) is 4.33. The molecular weight excluding hydrogens is 248 g/mol. The summed E-state index contributed by atoms with van der Waals surface area (Å²) in [6.07, 6.45) is 2.32. The summed E-state index contributed by atoms with van der Waals surface area (Å²) in [5.74, 6) is -1.27. The minimum absolute atomic E-state index is 0.0770. The number of hydrogen-bond acceptors (Lipinski definition) is 5. The number of H-pyrrole nitrogens is 1. The molecule has 0 aliphatic carbocycles. The predicted octanol–water partition coefficient (Wildman–Crippen LogP) is -1.55. The lowest BCUT2D eigenvalue weighted by Gasteiger charge is -2.30. The second kappa shape index (κ2) is 3.93. The highest BCUT2D eigenvalue weighted by molar-refractivity contribution is 7.89. The molecule has 2 heterocycles. The van der Waals surface area contributed by atoms with Crippen molar-refractivity contribution in [3.63, 3.8) is 0 Å². The van der Waals surface area contributed by atoms with Gasteiger partial charge in [0.25, 0.3) is 0 Å². The van der Waals surface area contributed by atoms with E-state index >= 15 is 0 Å². The minimum atomic E-state index is -3.88. The van der Waals surface area contributed by atoms with E-state index in [-0.39, 0.29) is 11.4 Å². The smallest absolute Gasteiger partial charge is 0.247 e. The molecule has 0 spiro atoms. The molecule has 1 atom stereocenters. The number of piperazine rings is 1. The summed E-state index contributed by atoms with van der Waals surface area (Å²) in [5, 5.41) is 7.97. The molecule has 1 aromatic heterocycles. The summed E-state index contributed by atoms with van der Waals surface area (Å²) >= 11 is 0. The fourth-order valence-corrected chi connectivity index (χ4v) is 2.96. The van der Waals surface area contributed by atoms with E-state index in [1.807, 2.05) is 0 Å². The Morgan fingerprint density at radius 1 is 1.47 bits per heavy atom. The molecule has 1 aliphatic rings. The first kappa shape index (κ1) is 11.7. The number of nitrogens with zero attached hydrogens (tertiary/aromatic N) is 2. The van der Waals surface area contributed by atoms with Gasteiger partial charge in [0, 0.05) is 6.20 Å². The fraction of sp³-hybridized carbons (Fsp3) is 0.375. The van der Waals surface area contributed by atoms with Crippen molar-refractivity contribution in [1.29, 1.82) is 0 Å². The zero-order valence-electron chi connectivity index (χ0n) is 8.87. The maximum Gasteiger partial charge on any atom is 0.247 e. The number of rotatable bonds is 2. The van der Waals surface area contributed by atoms with Crippen LogP contribution in [0.5, 0.6) is 0 Å². The van der Waals surface area contributed by atoms with Crippen LogP contribution >= 0.6 is 0 Å². The quantitative estimate of drug-likeness (QED) is 0.623. The molecule has 1 saturated heterocycles. The largest absolute Gasteiger partial charge is 0.294 e. The summed E-state index contributed by atoms with van der Waals surface area (Å²) in [6.45, 7) is 1.04. The van der Waals surface area contributed by atoms with Gasteiger partial charge in [0.15, 0.2) is 0 Å². The molecule has 9 heteroatoms. The average Bonchev–Trinajstić information content (AvgIpc) is 2.76. The van der Waals surface area contributed by atoms with E-state index < -0.39 is 27.9 Å². The van der Waals surface area contributed by atoms with Gasteiger partial charge in [-0.3, -0.25) is 20.0 Å². The van der Waals surface area contributed by atoms with Crippen LogP contribution in [-0.4, -0.2) is 47.3 Å². The van der Waals surface area contributed by atoms with Crippen molar-refractivity contribution < 1.29 is 18.0 Å². The summed E-state index contributed by atoms with van der Waals surface area (Å²) in [6, 6.07) is -0.924. The number of nitrogens with one attached hydrogen (secondary N) is 2. The maximum atomic E-state index is 12.1. The zero-order valence-corrected chi connectivity index (χ0v) is 9.69. The molecular formula is C8H10N4O4S. The Bertz CT molecular complexity index is 550. The highest BCUT2D eigenvalue weighted by Gasteiger charge is 2.39. The van der Waals surface area contributed by atoms with Crippen LogP contribution in [0.1, 0.15) is 6.92 Å². The first-order valence-corrected chi connectivity index (χ1v) is 6.21. The van der Waals surface area contributed by atoms with E-state index in [1.165, 1.54) is 13.1 Å². The Morgan fingerprint density at radius 3 is 2.76 bits per heavy atom. The van der Waals surface area contributed by atoms with Gasteiger partial charge in [-0.2, -0.15) is 9.40 Å². The summed E-state index contributed by atoms with van der Waals surface area (Å²) < 4.78 is 25.0. The lowest BCUT2D eigenvalue weighted by atomic mass is 10.2. The molecule has 1 unspecified atom stereocenters. The fourth-order valence-electron chi connectivity index (χ4n) is 1.50. The van der Waals surface area contributed by atoms with Crippen molar-refractivity contribution in [3.8, 4) is 0 Å². The number of amides is 2. The molecule has 2 amide bonds. The molecule has 2 rings (SSSR count). The molecule has 0 aromatic carbocycles. The zero-order chi connectivity index (χ0) is 12.6. The van der Waals surface area contributed by atoms with Crippen molar-refractivity contribution >= 4 is 21.8 Å². The topological polar surface area (TPSA) is 112 Å². The first-order valence-electron chi connectivity index (χ1n) is 4.77.